The molecule has 0 radical (unpaired) electrons. The van der Waals surface area contributed by atoms with Crippen LogP contribution in [-0.2, 0) is 0 Å². The zero-order valence-electron chi connectivity index (χ0n) is 12.8. The van der Waals surface area contributed by atoms with E-state index in [1.807, 2.05) is 0 Å². The average molecular weight is 458 g/mol. The number of benzene rings is 2. The second-order valence-corrected chi connectivity index (χ2v) is 6.40. The Balaban J connectivity index is 2.16. The van der Waals surface area contributed by atoms with Crippen LogP contribution in [0.1, 0.15) is 15.9 Å². The molecule has 2 N–H and O–H groups in total. The monoisotopic (exact) mass is 456 g/mol. The molecule has 2 rings (SSSR count). The first-order valence-corrected chi connectivity index (χ1v) is 8.27. The number of hydrazone groups is 1. The van der Waals surface area contributed by atoms with Crippen LogP contribution in [0.25, 0.3) is 0 Å². The fraction of sp³-hybridized carbons (Fsp3) is 0.125. The number of methoxy groups -OCH3 is 2. The van der Waals surface area contributed by atoms with Gasteiger partial charge in [0.2, 0.25) is 0 Å². The topological polar surface area (TPSA) is 80.2 Å². The molecule has 0 heterocycles. The second-order valence-electron chi connectivity index (χ2n) is 4.63. The molecule has 126 valence electrons. The lowest BCUT2D eigenvalue weighted by atomic mass is 10.2. The Morgan fingerprint density at radius 1 is 1.12 bits per heavy atom. The number of aromatic hydroxyl groups is 1. The van der Waals surface area contributed by atoms with Gasteiger partial charge in [-0.25, -0.2) is 5.43 Å². The van der Waals surface area contributed by atoms with Gasteiger partial charge in [0.1, 0.15) is 17.2 Å². The third-order valence-electron chi connectivity index (χ3n) is 3.04. The molecule has 0 aliphatic heterocycles. The number of nitrogens with one attached hydrogen (secondary N) is 1. The molecule has 0 bridgehead atoms. The van der Waals surface area contributed by atoms with Gasteiger partial charge in [-0.3, -0.25) is 4.79 Å². The van der Waals surface area contributed by atoms with Crippen LogP contribution in [0.2, 0.25) is 0 Å². The van der Waals surface area contributed by atoms with Gasteiger partial charge < -0.3 is 14.6 Å². The van der Waals surface area contributed by atoms with Gasteiger partial charge in [-0.15, -0.1) is 0 Å². The standard InChI is InChI=1S/C16H14Br2N2O4/c1-23-12-4-9(5-13(7-12)24-2)16(22)20-19-8-10-3-11(17)6-14(18)15(10)21/h3-8,21H,1-2H3,(H,20,22)/b19-8+. The van der Waals surface area contributed by atoms with Crippen molar-refractivity contribution in [2.75, 3.05) is 14.2 Å². The van der Waals surface area contributed by atoms with Crippen molar-refractivity contribution in [3.8, 4) is 17.2 Å². The van der Waals surface area contributed by atoms with Crippen LogP contribution in [0.4, 0.5) is 0 Å². The van der Waals surface area contributed by atoms with Crippen molar-refractivity contribution < 1.29 is 19.4 Å². The summed E-state index contributed by atoms with van der Waals surface area (Å²) in [7, 11) is 3.00. The Bertz CT molecular complexity index is 772. The summed E-state index contributed by atoms with van der Waals surface area (Å²) in [6.07, 6.45) is 1.35. The van der Waals surface area contributed by atoms with Crippen molar-refractivity contribution in [3.63, 3.8) is 0 Å². The predicted molar refractivity (Wildman–Crippen MR) is 98.1 cm³/mol. The summed E-state index contributed by atoms with van der Waals surface area (Å²) in [5.74, 6) is 0.588. The molecule has 2 aromatic rings. The quantitative estimate of drug-likeness (QED) is 0.530. The number of carbonyl (C=O) groups excluding carboxylic acids is 1. The van der Waals surface area contributed by atoms with Gasteiger partial charge in [0, 0.05) is 21.7 Å². The summed E-state index contributed by atoms with van der Waals surface area (Å²) in [5, 5.41) is 13.8. The molecular weight excluding hydrogens is 444 g/mol. The number of ether oxygens (including phenoxy) is 2. The summed E-state index contributed by atoms with van der Waals surface area (Å²) in [4.78, 5) is 12.2. The van der Waals surface area contributed by atoms with Crippen molar-refractivity contribution in [1.29, 1.82) is 0 Å². The highest BCUT2D eigenvalue weighted by molar-refractivity contribution is 9.11. The molecule has 2 aromatic carbocycles. The first-order chi connectivity index (χ1) is 11.4. The van der Waals surface area contributed by atoms with E-state index in [0.29, 0.717) is 27.1 Å². The maximum atomic E-state index is 12.2. The molecule has 24 heavy (non-hydrogen) atoms. The van der Waals surface area contributed by atoms with Gasteiger partial charge >= 0.3 is 0 Å². The highest BCUT2D eigenvalue weighted by Crippen LogP contribution is 2.30. The van der Waals surface area contributed by atoms with E-state index in [9.17, 15) is 9.90 Å². The van der Waals surface area contributed by atoms with Gasteiger partial charge in [0.15, 0.2) is 0 Å². The fourth-order valence-corrected chi connectivity index (χ4v) is 3.11. The zero-order valence-corrected chi connectivity index (χ0v) is 16.0. The SMILES string of the molecule is COc1cc(OC)cc(C(=O)N/N=C/c2cc(Br)cc(Br)c2O)c1. The Morgan fingerprint density at radius 2 is 1.75 bits per heavy atom. The number of carbonyl (C=O) groups is 1. The van der Waals surface area contributed by atoms with E-state index in [-0.39, 0.29) is 5.75 Å². The number of phenolic OH excluding ortho intramolecular Hbond substituents is 1. The van der Waals surface area contributed by atoms with E-state index in [2.05, 4.69) is 42.4 Å². The summed E-state index contributed by atoms with van der Waals surface area (Å²) >= 11 is 6.55. The molecule has 1 amide bonds. The van der Waals surface area contributed by atoms with Gasteiger partial charge in [-0.2, -0.15) is 5.10 Å². The first kappa shape index (κ1) is 18.3. The number of nitrogens with zero attached hydrogens (tertiary/aromatic N) is 1. The summed E-state index contributed by atoms with van der Waals surface area (Å²) in [6.45, 7) is 0. The molecule has 0 spiro atoms. The fourth-order valence-electron chi connectivity index (χ4n) is 1.85. The van der Waals surface area contributed by atoms with Gasteiger partial charge in [0.25, 0.3) is 5.91 Å². The molecule has 0 unspecified atom stereocenters. The van der Waals surface area contributed by atoms with Crippen LogP contribution in [0.5, 0.6) is 17.2 Å². The van der Waals surface area contributed by atoms with Gasteiger partial charge in [-0.1, -0.05) is 15.9 Å². The maximum Gasteiger partial charge on any atom is 0.271 e. The largest absolute Gasteiger partial charge is 0.506 e. The molecule has 0 fully saturated rings. The minimum absolute atomic E-state index is 0.0271. The van der Waals surface area contributed by atoms with Crippen LogP contribution >= 0.6 is 31.9 Å². The zero-order chi connectivity index (χ0) is 17.7. The predicted octanol–water partition coefficient (Wildman–Crippen LogP) is 3.70. The molecule has 0 atom stereocenters. The Morgan fingerprint density at radius 3 is 2.33 bits per heavy atom. The summed E-state index contributed by atoms with van der Waals surface area (Å²) in [5.41, 5.74) is 3.17. The minimum Gasteiger partial charge on any atom is -0.506 e. The number of hydrogen-bond acceptors (Lipinski definition) is 5. The maximum absolute atomic E-state index is 12.2. The third kappa shape index (κ3) is 4.48. The molecule has 8 heteroatoms. The third-order valence-corrected chi connectivity index (χ3v) is 4.10. The van der Waals surface area contributed by atoms with Crippen molar-refractivity contribution in [3.05, 3.63) is 50.4 Å². The van der Waals surface area contributed by atoms with Crippen LogP contribution < -0.4 is 14.9 Å². The first-order valence-electron chi connectivity index (χ1n) is 6.69. The minimum atomic E-state index is -0.433. The Labute approximate surface area is 155 Å². The average Bonchev–Trinajstić information content (AvgIpc) is 2.58. The number of hydrogen-bond donors (Lipinski definition) is 2. The Hall–Kier alpha value is -2.06. The highest BCUT2D eigenvalue weighted by atomic mass is 79.9. The lowest BCUT2D eigenvalue weighted by Crippen LogP contribution is -2.17. The van der Waals surface area contributed by atoms with Gasteiger partial charge in [0.05, 0.1) is 24.9 Å². The molecular formula is C16H14Br2N2O4. The molecule has 0 saturated carbocycles. The number of amides is 1. The molecule has 0 aliphatic carbocycles. The lowest BCUT2D eigenvalue weighted by Gasteiger charge is -2.07. The molecule has 6 nitrogen and oxygen atoms in total. The van der Waals surface area contributed by atoms with Crippen LogP contribution in [0.3, 0.4) is 0 Å². The van der Waals surface area contributed by atoms with Crippen LogP contribution in [-0.4, -0.2) is 31.4 Å². The lowest BCUT2D eigenvalue weighted by molar-refractivity contribution is 0.0954. The number of rotatable bonds is 5. The summed E-state index contributed by atoms with van der Waals surface area (Å²) < 4.78 is 11.5. The van der Waals surface area contributed by atoms with Crippen molar-refractivity contribution in [1.82, 2.24) is 5.43 Å². The van der Waals surface area contributed by atoms with Crippen LogP contribution in [0, 0.1) is 0 Å². The highest BCUT2D eigenvalue weighted by Gasteiger charge is 2.10. The van der Waals surface area contributed by atoms with E-state index >= 15 is 0 Å². The van der Waals surface area contributed by atoms with Crippen molar-refractivity contribution in [2.24, 2.45) is 5.10 Å². The Kier molecular flexibility index (Phi) is 6.22. The van der Waals surface area contributed by atoms with E-state index in [4.69, 9.17) is 9.47 Å². The van der Waals surface area contributed by atoms with Crippen LogP contribution in [0.15, 0.2) is 44.4 Å². The number of phenols is 1. The second kappa shape index (κ2) is 8.16. The normalized spacial score (nSPS) is 10.7. The van der Waals surface area contributed by atoms with E-state index in [0.717, 1.165) is 4.47 Å². The van der Waals surface area contributed by atoms with E-state index < -0.39 is 5.91 Å². The molecule has 0 saturated heterocycles. The number of halogens is 2. The molecule has 0 aromatic heterocycles. The van der Waals surface area contributed by atoms with Gasteiger partial charge in [-0.05, 0) is 40.2 Å². The van der Waals surface area contributed by atoms with Crippen molar-refractivity contribution >= 4 is 44.0 Å². The summed E-state index contributed by atoms with van der Waals surface area (Å²) in [6, 6.07) is 8.18. The van der Waals surface area contributed by atoms with E-state index in [1.165, 1.54) is 20.4 Å². The van der Waals surface area contributed by atoms with E-state index in [1.54, 1.807) is 30.3 Å². The van der Waals surface area contributed by atoms with Crippen molar-refractivity contribution in [2.45, 2.75) is 0 Å². The smallest absolute Gasteiger partial charge is 0.271 e. The molecule has 0 aliphatic rings.